The van der Waals surface area contributed by atoms with Gasteiger partial charge in [0, 0.05) is 17.7 Å². The molecule has 0 fully saturated rings. The summed E-state index contributed by atoms with van der Waals surface area (Å²) in [6.07, 6.45) is 5.66. The maximum Gasteiger partial charge on any atom is 0.209 e. The highest BCUT2D eigenvalue weighted by molar-refractivity contribution is 6.03. The normalized spacial score (nSPS) is 17.6. The Morgan fingerprint density at radius 1 is 1.22 bits per heavy atom. The van der Waals surface area contributed by atoms with E-state index in [-0.39, 0.29) is 5.41 Å². The molecule has 0 aromatic heterocycles. The van der Waals surface area contributed by atoms with Gasteiger partial charge in [0.05, 0.1) is 5.41 Å². The molecular weight excluding hydrogens is 218 g/mol. The first kappa shape index (κ1) is 13.1. The third kappa shape index (κ3) is 1.92. The minimum Gasteiger partial charge on any atom is -0.195 e. The van der Waals surface area contributed by atoms with E-state index in [1.165, 1.54) is 22.5 Å². The van der Waals surface area contributed by atoms with Crippen LogP contribution in [-0.2, 0) is 5.41 Å². The van der Waals surface area contributed by atoms with Crippen molar-refractivity contribution in [1.29, 1.82) is 0 Å². The number of rotatable bonds is 3. The molecule has 1 aliphatic heterocycles. The number of hydrogen-bond donors (Lipinski definition) is 0. The smallest absolute Gasteiger partial charge is 0.195 e. The first-order chi connectivity index (χ1) is 8.52. The van der Waals surface area contributed by atoms with Gasteiger partial charge >= 0.3 is 0 Å². The van der Waals surface area contributed by atoms with Crippen LogP contribution in [0.5, 0.6) is 0 Å². The molecule has 1 heterocycles. The molecule has 0 saturated carbocycles. The summed E-state index contributed by atoms with van der Waals surface area (Å²) >= 11 is 0. The van der Waals surface area contributed by atoms with E-state index < -0.39 is 0 Å². The van der Waals surface area contributed by atoms with Crippen molar-refractivity contribution < 1.29 is 4.58 Å². The van der Waals surface area contributed by atoms with E-state index in [1.54, 1.807) is 0 Å². The number of benzene rings is 1. The van der Waals surface area contributed by atoms with Crippen LogP contribution in [0.4, 0.5) is 5.69 Å². The molecule has 0 bridgehead atoms. The summed E-state index contributed by atoms with van der Waals surface area (Å²) in [5.74, 6) is 0. The minimum absolute atomic E-state index is 0.114. The third-order valence-corrected chi connectivity index (χ3v) is 3.87. The summed E-state index contributed by atoms with van der Waals surface area (Å²) in [5.41, 5.74) is 5.72. The molecule has 0 aliphatic carbocycles. The van der Waals surface area contributed by atoms with Crippen molar-refractivity contribution in [2.24, 2.45) is 0 Å². The fraction of sp³-hybridized carbons (Fsp3) is 0.471. The van der Waals surface area contributed by atoms with E-state index in [9.17, 15) is 0 Å². The minimum atomic E-state index is 0.114. The largest absolute Gasteiger partial charge is 0.209 e. The van der Waals surface area contributed by atoms with E-state index in [2.05, 4.69) is 69.5 Å². The highest BCUT2D eigenvalue weighted by Gasteiger charge is 2.43. The molecule has 0 unspecified atom stereocenters. The van der Waals surface area contributed by atoms with Gasteiger partial charge in [-0.25, -0.2) is 0 Å². The summed E-state index contributed by atoms with van der Waals surface area (Å²) in [5, 5.41) is 0. The predicted octanol–water partition coefficient (Wildman–Crippen LogP) is 4.36. The average molecular weight is 242 g/mol. The summed E-state index contributed by atoms with van der Waals surface area (Å²) in [6.45, 7) is 12.3. The van der Waals surface area contributed by atoms with Gasteiger partial charge in [-0.2, -0.15) is 4.58 Å². The number of fused-ring (bicyclic) bond motifs is 1. The van der Waals surface area contributed by atoms with E-state index in [0.717, 1.165) is 13.0 Å². The molecule has 0 spiro atoms. The number of aryl methyl sites for hydroxylation is 1. The summed E-state index contributed by atoms with van der Waals surface area (Å²) in [6, 6.07) is 6.82. The molecule has 1 aromatic carbocycles. The van der Waals surface area contributed by atoms with E-state index >= 15 is 0 Å². The number of hydrogen-bond acceptors (Lipinski definition) is 0. The molecule has 96 valence electrons. The zero-order valence-corrected chi connectivity index (χ0v) is 12.2. The molecule has 0 radical (unpaired) electrons. The molecule has 2 rings (SSSR count). The van der Waals surface area contributed by atoms with Gasteiger partial charge in [-0.3, -0.25) is 0 Å². The lowest BCUT2D eigenvalue weighted by atomic mass is 9.81. The molecule has 18 heavy (non-hydrogen) atoms. The van der Waals surface area contributed by atoms with E-state index in [1.807, 2.05) is 0 Å². The fourth-order valence-corrected chi connectivity index (χ4v) is 2.86. The van der Waals surface area contributed by atoms with Crippen LogP contribution in [0.25, 0.3) is 0 Å². The van der Waals surface area contributed by atoms with Crippen molar-refractivity contribution in [2.75, 3.05) is 6.54 Å². The molecule has 1 aliphatic rings. The van der Waals surface area contributed by atoms with Crippen molar-refractivity contribution in [3.63, 3.8) is 0 Å². The van der Waals surface area contributed by atoms with Gasteiger partial charge < -0.3 is 0 Å². The van der Waals surface area contributed by atoms with Gasteiger partial charge in [0.2, 0.25) is 5.69 Å². The molecule has 1 heteroatoms. The maximum absolute atomic E-state index is 2.45. The van der Waals surface area contributed by atoms with Crippen molar-refractivity contribution in [1.82, 2.24) is 0 Å². The Balaban J connectivity index is 2.63. The number of nitrogens with zero attached hydrogens (tertiary/aromatic N) is 1. The van der Waals surface area contributed by atoms with Crippen molar-refractivity contribution in [3.05, 3.63) is 41.5 Å². The Kier molecular flexibility index (Phi) is 3.43. The van der Waals surface area contributed by atoms with Crippen molar-refractivity contribution >= 4 is 11.4 Å². The monoisotopic (exact) mass is 242 g/mol. The van der Waals surface area contributed by atoms with Crippen LogP contribution in [0, 0.1) is 6.92 Å². The summed E-state index contributed by atoms with van der Waals surface area (Å²) in [4.78, 5) is 0. The first-order valence-corrected chi connectivity index (χ1v) is 6.95. The Hall–Kier alpha value is -1.37. The SMILES string of the molecule is CCC=CC1=[N+](CC)c2ccc(C)cc2C1(C)C. The Bertz CT molecular complexity index is 518. The van der Waals surface area contributed by atoms with Gasteiger partial charge in [-0.1, -0.05) is 24.6 Å². The Morgan fingerprint density at radius 3 is 2.56 bits per heavy atom. The molecule has 1 aromatic rings. The van der Waals surface area contributed by atoms with Crippen LogP contribution < -0.4 is 0 Å². The standard InChI is InChI=1S/C17H24N/c1-6-8-9-16-17(4,5)14-12-13(3)10-11-15(14)18(16)7-2/h8-12H,6-7H2,1-5H3/q+1. The molecule has 0 N–H and O–H groups in total. The van der Waals surface area contributed by atoms with Crippen molar-refractivity contribution in [3.8, 4) is 0 Å². The van der Waals surface area contributed by atoms with E-state index in [0.29, 0.717) is 0 Å². The second-order valence-corrected chi connectivity index (χ2v) is 5.59. The molecule has 0 atom stereocenters. The third-order valence-electron chi connectivity index (χ3n) is 3.87. The lowest BCUT2D eigenvalue weighted by Gasteiger charge is -2.15. The zero-order chi connectivity index (χ0) is 13.3. The topological polar surface area (TPSA) is 3.01 Å². The van der Waals surface area contributed by atoms with Gasteiger partial charge in [0.15, 0.2) is 5.71 Å². The molecule has 0 saturated heterocycles. The predicted molar refractivity (Wildman–Crippen MR) is 79.1 cm³/mol. The second-order valence-electron chi connectivity index (χ2n) is 5.59. The lowest BCUT2D eigenvalue weighted by Crippen LogP contribution is -2.27. The zero-order valence-electron chi connectivity index (χ0n) is 12.2. The van der Waals surface area contributed by atoms with Crippen LogP contribution in [0.3, 0.4) is 0 Å². The summed E-state index contributed by atoms with van der Waals surface area (Å²) < 4.78 is 2.45. The quantitative estimate of drug-likeness (QED) is 0.693. The molecule has 0 amide bonds. The average Bonchev–Trinajstić information content (AvgIpc) is 2.54. The van der Waals surface area contributed by atoms with Crippen LogP contribution >= 0.6 is 0 Å². The Morgan fingerprint density at radius 2 is 1.94 bits per heavy atom. The second kappa shape index (κ2) is 4.72. The fourth-order valence-electron chi connectivity index (χ4n) is 2.86. The highest BCUT2D eigenvalue weighted by atomic mass is 15.0. The molecule has 1 nitrogen and oxygen atoms in total. The van der Waals surface area contributed by atoms with E-state index in [4.69, 9.17) is 0 Å². The van der Waals surface area contributed by atoms with Gasteiger partial charge in [0.1, 0.15) is 6.54 Å². The highest BCUT2D eigenvalue weighted by Crippen LogP contribution is 2.40. The van der Waals surface area contributed by atoms with Gasteiger partial charge in [-0.15, -0.1) is 0 Å². The molecular formula is C17H24N+. The maximum atomic E-state index is 2.45. The Labute approximate surface area is 111 Å². The van der Waals surface area contributed by atoms with Crippen molar-refractivity contribution in [2.45, 2.75) is 46.5 Å². The van der Waals surface area contributed by atoms with Crippen LogP contribution in [0.1, 0.15) is 45.2 Å². The summed E-state index contributed by atoms with van der Waals surface area (Å²) in [7, 11) is 0. The first-order valence-electron chi connectivity index (χ1n) is 6.95. The van der Waals surface area contributed by atoms with Crippen LogP contribution in [-0.4, -0.2) is 16.8 Å². The lowest BCUT2D eigenvalue weighted by molar-refractivity contribution is -0.433. The van der Waals surface area contributed by atoms with Crippen LogP contribution in [0.15, 0.2) is 30.4 Å². The number of allylic oxidation sites excluding steroid dienone is 2. The van der Waals surface area contributed by atoms with Gasteiger partial charge in [-0.05, 0) is 40.2 Å². The van der Waals surface area contributed by atoms with Crippen LogP contribution in [0.2, 0.25) is 0 Å². The van der Waals surface area contributed by atoms with Gasteiger partial charge in [0.25, 0.3) is 0 Å².